The number of rotatable bonds is 5. The predicted molar refractivity (Wildman–Crippen MR) is 74.4 cm³/mol. The van der Waals surface area contributed by atoms with Gasteiger partial charge in [0.15, 0.2) is 0 Å². The quantitative estimate of drug-likeness (QED) is 0.879. The molecule has 2 nitrogen and oxygen atoms in total. The van der Waals surface area contributed by atoms with Crippen molar-refractivity contribution in [2.75, 3.05) is 6.61 Å². The Hall–Kier alpha value is -0.900. The molecule has 1 aromatic carbocycles. The van der Waals surface area contributed by atoms with E-state index in [9.17, 15) is 0 Å². The fraction of sp³-hybridized carbons (Fsp3) is 0.429. The molecule has 92 valence electrons. The molecule has 0 fully saturated rings. The molecule has 0 saturated carbocycles. The summed E-state index contributed by atoms with van der Waals surface area (Å²) < 4.78 is 7.04. The van der Waals surface area contributed by atoms with Gasteiger partial charge < -0.3 is 10.5 Å². The van der Waals surface area contributed by atoms with Crippen molar-refractivity contribution in [2.45, 2.75) is 32.4 Å². The molecule has 1 unspecified atom stereocenters. The molecule has 0 saturated heterocycles. The van der Waals surface area contributed by atoms with Crippen LogP contribution in [0.4, 0.5) is 0 Å². The van der Waals surface area contributed by atoms with Crippen LogP contribution in [-0.2, 0) is 11.3 Å². The first-order valence-electron chi connectivity index (χ1n) is 5.94. The van der Waals surface area contributed by atoms with E-state index < -0.39 is 0 Å². The Bertz CT molecular complexity index is 490. The summed E-state index contributed by atoms with van der Waals surface area (Å²) in [5.41, 5.74) is 7.09. The third kappa shape index (κ3) is 3.06. The van der Waals surface area contributed by atoms with Crippen molar-refractivity contribution in [1.82, 2.24) is 0 Å². The molecule has 0 aliphatic carbocycles. The Morgan fingerprint density at radius 2 is 2.12 bits per heavy atom. The zero-order chi connectivity index (χ0) is 12.3. The van der Waals surface area contributed by atoms with Gasteiger partial charge in [-0.3, -0.25) is 0 Å². The molecular weight excluding hydrogens is 230 g/mol. The van der Waals surface area contributed by atoms with E-state index in [4.69, 9.17) is 10.5 Å². The van der Waals surface area contributed by atoms with Crippen molar-refractivity contribution < 1.29 is 4.74 Å². The minimum atomic E-state index is -0.216. The summed E-state index contributed by atoms with van der Waals surface area (Å²) in [4.78, 5) is 0. The maximum Gasteiger partial charge on any atom is 0.0731 e. The van der Waals surface area contributed by atoms with Gasteiger partial charge in [-0.1, -0.05) is 25.1 Å². The van der Waals surface area contributed by atoms with Gasteiger partial charge in [0.1, 0.15) is 0 Å². The molecule has 0 bridgehead atoms. The summed E-state index contributed by atoms with van der Waals surface area (Å²) in [5, 5.41) is 3.47. The number of hydrogen-bond acceptors (Lipinski definition) is 3. The first-order valence-corrected chi connectivity index (χ1v) is 6.82. The molecule has 0 aliphatic heterocycles. The van der Waals surface area contributed by atoms with Crippen molar-refractivity contribution in [1.29, 1.82) is 0 Å². The lowest BCUT2D eigenvalue weighted by Gasteiger charge is -2.22. The summed E-state index contributed by atoms with van der Waals surface area (Å²) in [7, 11) is 0. The van der Waals surface area contributed by atoms with Gasteiger partial charge in [0.2, 0.25) is 0 Å². The number of ether oxygens (including phenoxy) is 1. The second kappa shape index (κ2) is 5.17. The number of hydrogen-bond donors (Lipinski definition) is 1. The summed E-state index contributed by atoms with van der Waals surface area (Å²) in [6.07, 6.45) is 0.928. The highest BCUT2D eigenvalue weighted by molar-refractivity contribution is 7.17. The summed E-state index contributed by atoms with van der Waals surface area (Å²) in [5.74, 6) is 0. The normalized spacial score (nSPS) is 15.0. The van der Waals surface area contributed by atoms with Crippen LogP contribution in [0.1, 0.15) is 25.8 Å². The lowest BCUT2D eigenvalue weighted by atomic mass is 10.0. The highest BCUT2D eigenvalue weighted by atomic mass is 32.1. The SMILES string of the molecule is CCC(C)(N)COCc1csc2ccccc12. The minimum absolute atomic E-state index is 0.216. The largest absolute Gasteiger partial charge is 0.375 e. The van der Waals surface area contributed by atoms with E-state index >= 15 is 0 Å². The highest BCUT2D eigenvalue weighted by Crippen LogP contribution is 2.26. The predicted octanol–water partition coefficient (Wildman–Crippen LogP) is 3.55. The van der Waals surface area contributed by atoms with Crippen LogP contribution < -0.4 is 5.73 Å². The van der Waals surface area contributed by atoms with E-state index in [1.54, 1.807) is 11.3 Å². The lowest BCUT2D eigenvalue weighted by Crippen LogP contribution is -2.40. The van der Waals surface area contributed by atoms with E-state index in [0.717, 1.165) is 6.42 Å². The van der Waals surface area contributed by atoms with Crippen molar-refractivity contribution in [3.05, 3.63) is 35.2 Å². The van der Waals surface area contributed by atoms with Gasteiger partial charge in [0.25, 0.3) is 0 Å². The molecule has 0 spiro atoms. The molecule has 1 atom stereocenters. The Labute approximate surface area is 106 Å². The molecule has 17 heavy (non-hydrogen) atoms. The molecule has 2 rings (SSSR count). The molecule has 2 N–H and O–H groups in total. The van der Waals surface area contributed by atoms with Crippen molar-refractivity contribution in [3.63, 3.8) is 0 Å². The first kappa shape index (κ1) is 12.6. The van der Waals surface area contributed by atoms with E-state index in [2.05, 4.69) is 36.6 Å². The number of fused-ring (bicyclic) bond motifs is 1. The second-order valence-electron chi connectivity index (χ2n) is 4.76. The van der Waals surface area contributed by atoms with Gasteiger partial charge in [-0.05, 0) is 35.7 Å². The van der Waals surface area contributed by atoms with Gasteiger partial charge in [-0.2, -0.15) is 0 Å². The molecule has 2 aromatic rings. The standard InChI is InChI=1S/C14H19NOS/c1-3-14(2,15)10-16-8-11-9-17-13-7-5-4-6-12(11)13/h4-7,9H,3,8,10,15H2,1-2H3. The molecular formula is C14H19NOS. The smallest absolute Gasteiger partial charge is 0.0731 e. The zero-order valence-corrected chi connectivity index (χ0v) is 11.2. The number of thiophene rings is 1. The van der Waals surface area contributed by atoms with Gasteiger partial charge in [-0.25, -0.2) is 0 Å². The number of nitrogens with two attached hydrogens (primary N) is 1. The monoisotopic (exact) mass is 249 g/mol. The number of benzene rings is 1. The third-order valence-corrected chi connectivity index (χ3v) is 4.07. The molecule has 0 amide bonds. The third-order valence-electron chi connectivity index (χ3n) is 3.06. The van der Waals surface area contributed by atoms with E-state index in [0.29, 0.717) is 13.2 Å². The molecule has 1 heterocycles. The molecule has 0 radical (unpaired) electrons. The van der Waals surface area contributed by atoms with Crippen molar-refractivity contribution in [2.24, 2.45) is 5.73 Å². The van der Waals surface area contributed by atoms with Crippen LogP contribution in [-0.4, -0.2) is 12.1 Å². The maximum atomic E-state index is 6.05. The van der Waals surface area contributed by atoms with E-state index in [1.807, 2.05) is 6.92 Å². The van der Waals surface area contributed by atoms with Gasteiger partial charge in [0, 0.05) is 10.2 Å². The van der Waals surface area contributed by atoms with Crippen molar-refractivity contribution in [3.8, 4) is 0 Å². The van der Waals surface area contributed by atoms with Crippen LogP contribution in [0.25, 0.3) is 10.1 Å². The Morgan fingerprint density at radius 3 is 2.88 bits per heavy atom. The van der Waals surface area contributed by atoms with Crippen LogP contribution in [0.5, 0.6) is 0 Å². The van der Waals surface area contributed by atoms with Crippen LogP contribution in [0.15, 0.2) is 29.6 Å². The lowest BCUT2D eigenvalue weighted by molar-refractivity contribution is 0.0785. The topological polar surface area (TPSA) is 35.2 Å². The zero-order valence-electron chi connectivity index (χ0n) is 10.4. The van der Waals surface area contributed by atoms with Gasteiger partial charge in [-0.15, -0.1) is 11.3 Å². The first-order chi connectivity index (χ1) is 8.12. The average Bonchev–Trinajstić information content (AvgIpc) is 2.73. The van der Waals surface area contributed by atoms with Crippen LogP contribution in [0.3, 0.4) is 0 Å². The van der Waals surface area contributed by atoms with E-state index in [-0.39, 0.29) is 5.54 Å². The molecule has 3 heteroatoms. The van der Waals surface area contributed by atoms with E-state index in [1.165, 1.54) is 15.6 Å². The fourth-order valence-electron chi connectivity index (χ4n) is 1.64. The Balaban J connectivity index is 2.00. The Morgan fingerprint density at radius 1 is 1.35 bits per heavy atom. The fourth-order valence-corrected chi connectivity index (χ4v) is 2.59. The second-order valence-corrected chi connectivity index (χ2v) is 5.67. The Kier molecular flexibility index (Phi) is 3.82. The average molecular weight is 249 g/mol. The van der Waals surface area contributed by atoms with Crippen LogP contribution >= 0.6 is 11.3 Å². The highest BCUT2D eigenvalue weighted by Gasteiger charge is 2.15. The summed E-state index contributed by atoms with van der Waals surface area (Å²) in [6.45, 7) is 5.37. The van der Waals surface area contributed by atoms with Crippen LogP contribution in [0.2, 0.25) is 0 Å². The summed E-state index contributed by atoms with van der Waals surface area (Å²) in [6, 6.07) is 8.42. The van der Waals surface area contributed by atoms with Crippen LogP contribution in [0, 0.1) is 0 Å². The molecule has 0 aliphatic rings. The summed E-state index contributed by atoms with van der Waals surface area (Å²) >= 11 is 1.77. The van der Waals surface area contributed by atoms with Gasteiger partial charge in [0.05, 0.1) is 13.2 Å². The van der Waals surface area contributed by atoms with Gasteiger partial charge >= 0.3 is 0 Å². The van der Waals surface area contributed by atoms with Crippen molar-refractivity contribution >= 4 is 21.4 Å². The molecule has 1 aromatic heterocycles. The maximum absolute atomic E-state index is 6.05. The minimum Gasteiger partial charge on any atom is -0.375 e.